The number of anilines is 1. The Morgan fingerprint density at radius 3 is 2.27 bits per heavy atom. The summed E-state index contributed by atoms with van der Waals surface area (Å²) in [4.78, 5) is 67.0. The highest BCUT2D eigenvalue weighted by atomic mass is 32.1. The molecule has 19 heteroatoms. The second kappa shape index (κ2) is 32.4. The van der Waals surface area contributed by atoms with Gasteiger partial charge in [0.25, 0.3) is 0 Å². The summed E-state index contributed by atoms with van der Waals surface area (Å²) >= 11 is 1.33. The van der Waals surface area contributed by atoms with Crippen molar-refractivity contribution in [1.29, 1.82) is 0 Å². The van der Waals surface area contributed by atoms with Gasteiger partial charge in [-0.3, -0.25) is 19.4 Å². The Labute approximate surface area is 459 Å². The molecule has 3 saturated heterocycles. The first kappa shape index (κ1) is 64.0. The number of amides is 3. The average molecular weight is 1090 g/mol. The number of carbonyl (C=O) groups is 4. The lowest BCUT2D eigenvalue weighted by Gasteiger charge is -2.43. The van der Waals surface area contributed by atoms with Crippen molar-refractivity contribution in [1.82, 2.24) is 37.3 Å². The molecule has 16 nitrogen and oxygen atoms in total. The van der Waals surface area contributed by atoms with Crippen molar-refractivity contribution in [3.63, 3.8) is 0 Å². The van der Waals surface area contributed by atoms with Gasteiger partial charge < -0.3 is 53.2 Å². The molecule has 77 heavy (non-hydrogen) atoms. The van der Waals surface area contributed by atoms with Gasteiger partial charge in [0.2, 0.25) is 5.91 Å². The van der Waals surface area contributed by atoms with Crippen LogP contribution in [-0.4, -0.2) is 139 Å². The van der Waals surface area contributed by atoms with E-state index in [9.17, 15) is 33.1 Å². The second-order valence-corrected chi connectivity index (χ2v) is 21.8. The fraction of sp³-hybridized carbons (Fsp3) is 0.552. The number of aliphatic hydroxyl groups is 1. The van der Waals surface area contributed by atoms with Crippen LogP contribution in [0, 0.1) is 42.2 Å². The summed E-state index contributed by atoms with van der Waals surface area (Å²) in [6.45, 7) is 15.0. The lowest BCUT2D eigenvalue weighted by atomic mass is 9.80. The predicted octanol–water partition coefficient (Wildman–Crippen LogP) is 8.84. The standard InChI is InChI=1S/C33H44FN3O4S.C25H36FN5O2.2H3N/c1-22-32(23(2)38)42-31(35-22)18-30(39)17-28-21-37(33(40)26-10-14-41-15-11-26)13-9-27(28)20-36-12-3-4-25(19-36)16-24-5-7-29(34)8-6-24;1-4-14-31(15-6-7-19-10-12-21(26)13-11-19)17-23(32)18(2)29-25(33)30-22-9-5-8-20(16-22)24(27)28-3;;/h5-8,25-28H,3-4,9-21H2,1-2H3;5,8-13,16,18,23,32H,4,6-7,14-15,17H2,1-3H3,(H2,27,28)(H2,29,30,33);2*1H3/t25-,27-,28+;18-,23+;;/m01../s1. The minimum Gasteiger partial charge on any atom is -0.390 e. The Kier molecular flexibility index (Phi) is 26.9. The first-order valence-corrected chi connectivity index (χ1v) is 27.8. The van der Waals surface area contributed by atoms with Crippen molar-refractivity contribution in [2.24, 2.45) is 34.4 Å². The number of aliphatic imine (C=N–C) groups is 1. The summed E-state index contributed by atoms with van der Waals surface area (Å²) < 4.78 is 31.9. The molecule has 0 spiro atoms. The van der Waals surface area contributed by atoms with E-state index in [0.29, 0.717) is 71.7 Å². The summed E-state index contributed by atoms with van der Waals surface area (Å²) in [7, 11) is 1.61. The number of aromatic nitrogens is 1. The number of nitrogens with one attached hydrogen (secondary N) is 2. The number of hydrogen-bond acceptors (Lipinski definition) is 13. The molecule has 0 bridgehead atoms. The number of ether oxygens (including phenoxy) is 1. The third-order valence-corrected chi connectivity index (χ3v) is 16.0. The van der Waals surface area contributed by atoms with Crippen LogP contribution in [0.4, 0.5) is 19.3 Å². The fourth-order valence-electron chi connectivity index (χ4n) is 10.7. The number of likely N-dealkylation sites (tertiary alicyclic amines) is 2. The van der Waals surface area contributed by atoms with Crippen molar-refractivity contribution >= 4 is 46.4 Å². The van der Waals surface area contributed by atoms with Gasteiger partial charge in [-0.05, 0) is 157 Å². The quantitative estimate of drug-likeness (QED) is 0.0245. The van der Waals surface area contributed by atoms with Crippen LogP contribution in [0.1, 0.15) is 109 Å². The topological polar surface area (TPSA) is 253 Å². The molecule has 4 aromatic rings. The number of amidine groups is 1. The van der Waals surface area contributed by atoms with Crippen molar-refractivity contribution in [3.8, 4) is 0 Å². The van der Waals surface area contributed by atoms with Crippen molar-refractivity contribution in [3.05, 3.63) is 117 Å². The van der Waals surface area contributed by atoms with Gasteiger partial charge in [0.05, 0.1) is 29.1 Å². The highest BCUT2D eigenvalue weighted by molar-refractivity contribution is 7.13. The number of piperidine rings is 2. The van der Waals surface area contributed by atoms with Gasteiger partial charge in [-0.15, -0.1) is 11.3 Å². The lowest BCUT2D eigenvalue weighted by molar-refractivity contribution is -0.142. The van der Waals surface area contributed by atoms with Crippen LogP contribution in [0.15, 0.2) is 77.8 Å². The van der Waals surface area contributed by atoms with Gasteiger partial charge in [0.1, 0.15) is 28.3 Å². The van der Waals surface area contributed by atoms with Gasteiger partial charge in [-0.1, -0.05) is 43.3 Å². The predicted molar refractivity (Wildman–Crippen MR) is 303 cm³/mol. The third kappa shape index (κ3) is 20.6. The summed E-state index contributed by atoms with van der Waals surface area (Å²) in [5.41, 5.74) is 10.1. The second-order valence-electron chi connectivity index (χ2n) is 20.8. The minimum absolute atomic E-state index is 0. The smallest absolute Gasteiger partial charge is 0.319 e. The van der Waals surface area contributed by atoms with Gasteiger partial charge >= 0.3 is 6.03 Å². The molecular weight excluding hydrogens is 1000 g/mol. The van der Waals surface area contributed by atoms with Crippen LogP contribution in [0.5, 0.6) is 0 Å². The van der Waals surface area contributed by atoms with E-state index in [4.69, 9.17) is 10.5 Å². The molecule has 0 aliphatic carbocycles. The number of aryl methyl sites for hydroxylation is 2. The number of carbonyl (C=O) groups excluding carboxylic acids is 4. The van der Waals surface area contributed by atoms with Gasteiger partial charge in [0, 0.05) is 83.5 Å². The Morgan fingerprint density at radius 2 is 1.62 bits per heavy atom. The molecule has 3 aromatic carbocycles. The molecule has 5 atom stereocenters. The molecule has 4 heterocycles. The number of urea groups is 1. The molecule has 0 radical (unpaired) electrons. The van der Waals surface area contributed by atoms with Gasteiger partial charge in [0.15, 0.2) is 5.78 Å². The van der Waals surface area contributed by atoms with E-state index in [1.807, 2.05) is 30.0 Å². The maximum Gasteiger partial charge on any atom is 0.319 e. The van der Waals surface area contributed by atoms with Crippen LogP contribution < -0.4 is 28.7 Å². The summed E-state index contributed by atoms with van der Waals surface area (Å²) in [5, 5.41) is 16.9. The Balaban J connectivity index is 0.000000334. The number of thiazole rings is 1. The molecule has 3 amide bonds. The molecule has 3 aliphatic rings. The highest BCUT2D eigenvalue weighted by Gasteiger charge is 2.37. The maximum absolute atomic E-state index is 13.4. The maximum atomic E-state index is 13.4. The molecule has 0 saturated carbocycles. The molecule has 424 valence electrons. The number of Topliss-reactive ketones (excluding diaryl/α,β-unsaturated/α-hetero) is 2. The Morgan fingerprint density at radius 1 is 0.935 bits per heavy atom. The van der Waals surface area contributed by atoms with Gasteiger partial charge in [-0.2, -0.15) is 0 Å². The fourth-order valence-corrected chi connectivity index (χ4v) is 11.6. The van der Waals surface area contributed by atoms with Crippen LogP contribution in [0.25, 0.3) is 0 Å². The molecule has 3 fully saturated rings. The number of aliphatic hydroxyl groups excluding tert-OH is 1. The number of benzene rings is 3. The summed E-state index contributed by atoms with van der Waals surface area (Å²) in [5.74, 6) is 1.27. The lowest BCUT2D eigenvalue weighted by Crippen LogP contribution is -2.50. The van der Waals surface area contributed by atoms with Crippen LogP contribution >= 0.6 is 11.3 Å². The summed E-state index contributed by atoms with van der Waals surface area (Å²) in [6, 6.07) is 19.7. The van der Waals surface area contributed by atoms with Crippen molar-refractivity contribution < 1.29 is 37.8 Å². The number of nitrogens with two attached hydrogens (primary N) is 1. The first-order chi connectivity index (χ1) is 36.1. The third-order valence-electron chi connectivity index (χ3n) is 14.7. The van der Waals surface area contributed by atoms with E-state index < -0.39 is 18.2 Å². The van der Waals surface area contributed by atoms with E-state index in [-0.39, 0.29) is 59.7 Å². The molecule has 1 aromatic heterocycles. The Hall–Kier alpha value is -5.54. The molecule has 3 aliphatic heterocycles. The zero-order chi connectivity index (χ0) is 53.9. The molecule has 11 N–H and O–H groups in total. The van der Waals surface area contributed by atoms with Crippen LogP contribution in [0.2, 0.25) is 0 Å². The van der Waals surface area contributed by atoms with Crippen LogP contribution in [0.3, 0.4) is 0 Å². The van der Waals surface area contributed by atoms with E-state index in [0.717, 1.165) is 102 Å². The molecule has 7 rings (SSSR count). The number of ketones is 2. The number of rotatable bonds is 22. The SMILES string of the molecule is CC(=O)c1sc(CC(=O)C[C@@H]2CN(C(=O)C3CCOCC3)CC[C@H]2CN2CCC[C@@H](Cc3ccc(F)cc3)C2)nc1C.CCCN(CCCc1ccc(F)cc1)C[C@H](O)[C@@H](C)NC(=O)Nc1cccc(C(N)=NC)c1.N.N. The number of halogens is 2. The van der Waals surface area contributed by atoms with E-state index in [1.54, 1.807) is 56.4 Å². The normalized spacial score (nSPS) is 18.9. The average Bonchev–Trinajstić information content (AvgIpc) is 3.77. The van der Waals surface area contributed by atoms with E-state index >= 15 is 0 Å². The highest BCUT2D eigenvalue weighted by Crippen LogP contribution is 2.33. The Bertz CT molecular complexity index is 2490. The molecule has 0 unspecified atom stereocenters. The van der Waals surface area contributed by atoms with Crippen molar-refractivity contribution in [2.75, 3.05) is 77.9 Å². The first-order valence-electron chi connectivity index (χ1n) is 26.9. The van der Waals surface area contributed by atoms with E-state index in [1.165, 1.54) is 42.4 Å². The number of nitrogens with zero attached hydrogens (tertiary/aromatic N) is 5. The zero-order valence-corrected chi connectivity index (χ0v) is 46.9. The monoisotopic (exact) mass is 1090 g/mol. The largest absolute Gasteiger partial charge is 0.390 e. The molecular formula is C58H86F2N10O6S. The number of hydrogen-bond donors (Lipinski definition) is 6. The van der Waals surface area contributed by atoms with Crippen LogP contribution in [-0.2, 0) is 33.6 Å². The zero-order valence-electron chi connectivity index (χ0n) is 46.1. The summed E-state index contributed by atoms with van der Waals surface area (Å²) in [6.07, 6.45) is 8.35. The minimum atomic E-state index is -0.720. The van der Waals surface area contributed by atoms with E-state index in [2.05, 4.69) is 37.3 Å². The van der Waals surface area contributed by atoms with Crippen molar-refractivity contribution in [2.45, 2.75) is 110 Å². The van der Waals surface area contributed by atoms with Gasteiger partial charge in [-0.25, -0.2) is 18.6 Å².